The van der Waals surface area contributed by atoms with Gasteiger partial charge in [-0.05, 0) is 48.7 Å². The molecular weight excluding hydrogens is 274 g/mol. The van der Waals surface area contributed by atoms with Gasteiger partial charge in [0.25, 0.3) is 0 Å². The van der Waals surface area contributed by atoms with Crippen molar-refractivity contribution in [3.05, 3.63) is 24.3 Å². The van der Waals surface area contributed by atoms with Crippen LogP contribution < -0.4 is 10.2 Å². The second-order valence-corrected chi connectivity index (χ2v) is 4.17. The number of aliphatic carboxylic acids is 2. The van der Waals surface area contributed by atoms with Gasteiger partial charge < -0.3 is 19.8 Å². The number of carboxylic acids is 2. The Bertz CT molecular complexity index is 306. The first-order chi connectivity index (χ1) is 7.43. The van der Waals surface area contributed by atoms with Gasteiger partial charge >= 0.3 is 19.5 Å². The van der Waals surface area contributed by atoms with Crippen LogP contribution in [-0.4, -0.2) is 11.9 Å². The molecule has 0 aromatic carbocycles. The Labute approximate surface area is 113 Å². The largest absolute Gasteiger partial charge is 2.00 e. The normalized spacial score (nSPS) is 16.9. The third kappa shape index (κ3) is 5.78. The molecule has 0 N–H and O–H groups in total. The van der Waals surface area contributed by atoms with E-state index in [1.165, 1.54) is 0 Å². The second kappa shape index (κ2) is 6.70. The maximum absolute atomic E-state index is 9.97. The fraction of sp³-hybridized carbons (Fsp3) is 0.500. The maximum Gasteiger partial charge on any atom is 2.00 e. The zero-order valence-corrected chi connectivity index (χ0v) is 12.7. The molecule has 2 aliphatic carbocycles. The van der Waals surface area contributed by atoms with Gasteiger partial charge in [0.1, 0.15) is 0 Å². The molecule has 88 valence electrons. The van der Waals surface area contributed by atoms with Gasteiger partial charge in [-0.1, -0.05) is 13.2 Å². The molecule has 0 aliphatic heterocycles. The molecule has 0 aromatic heterocycles. The van der Waals surface area contributed by atoms with E-state index in [0.29, 0.717) is 0 Å². The van der Waals surface area contributed by atoms with Crippen molar-refractivity contribution in [1.82, 2.24) is 0 Å². The van der Waals surface area contributed by atoms with Crippen LogP contribution in [0.5, 0.6) is 0 Å². The zero-order chi connectivity index (χ0) is 12.3. The van der Waals surface area contributed by atoms with Gasteiger partial charge in [-0.3, -0.25) is 0 Å². The first-order valence-electron chi connectivity index (χ1n) is 5.23. The minimum Gasteiger partial charge on any atom is -0.545 e. The van der Waals surface area contributed by atoms with E-state index in [-0.39, 0.29) is 42.5 Å². The minimum atomic E-state index is -1.09. The topological polar surface area (TPSA) is 80.3 Å². The van der Waals surface area contributed by atoms with Gasteiger partial charge in [-0.25, -0.2) is 0 Å². The van der Waals surface area contributed by atoms with Crippen molar-refractivity contribution >= 4 is 11.9 Å². The van der Waals surface area contributed by atoms with E-state index in [9.17, 15) is 19.8 Å². The SMILES string of the molecule is C=C(C(=O)[O-])C1CC1.C=C(C(=O)[O-])C1CC1.[Zn+2]. The zero-order valence-electron chi connectivity index (χ0n) is 9.74. The fourth-order valence-electron chi connectivity index (χ4n) is 1.20. The fourth-order valence-corrected chi connectivity index (χ4v) is 1.20. The molecule has 0 aromatic rings. The second-order valence-electron chi connectivity index (χ2n) is 4.17. The molecule has 4 nitrogen and oxygen atoms in total. The van der Waals surface area contributed by atoms with Gasteiger partial charge in [0.15, 0.2) is 0 Å². The summed E-state index contributed by atoms with van der Waals surface area (Å²) in [6.45, 7) is 6.71. The number of carbonyl (C=O) groups is 2. The summed E-state index contributed by atoms with van der Waals surface area (Å²) >= 11 is 0. The van der Waals surface area contributed by atoms with E-state index in [4.69, 9.17) is 0 Å². The smallest absolute Gasteiger partial charge is 0.545 e. The van der Waals surface area contributed by atoms with Gasteiger partial charge in [-0.2, -0.15) is 0 Å². The Morgan fingerprint density at radius 3 is 1.12 bits per heavy atom. The Kier molecular flexibility index (Phi) is 6.32. The van der Waals surface area contributed by atoms with Crippen LogP contribution in [0.1, 0.15) is 25.7 Å². The standard InChI is InChI=1S/2C6H8O2.Zn/c2*1-4(6(7)8)5-2-3-5;/h2*5H,1-3H2,(H,7,8);/q;;+2/p-2. The first kappa shape index (κ1) is 16.0. The predicted molar refractivity (Wildman–Crippen MR) is 53.7 cm³/mol. The van der Waals surface area contributed by atoms with Crippen LogP contribution in [0.4, 0.5) is 0 Å². The summed E-state index contributed by atoms with van der Waals surface area (Å²) in [5, 5.41) is 19.9. The van der Waals surface area contributed by atoms with Crippen LogP contribution in [0.3, 0.4) is 0 Å². The number of rotatable bonds is 4. The van der Waals surface area contributed by atoms with Gasteiger partial charge in [0.2, 0.25) is 0 Å². The van der Waals surface area contributed by atoms with Crippen LogP contribution in [0.2, 0.25) is 0 Å². The van der Waals surface area contributed by atoms with Gasteiger partial charge in [0, 0.05) is 0 Å². The number of carboxylic acid groups (broad SMARTS) is 2. The predicted octanol–water partition coefficient (Wildman–Crippen LogP) is -0.598. The van der Waals surface area contributed by atoms with Crippen LogP contribution in [0, 0.1) is 11.8 Å². The first-order valence-corrected chi connectivity index (χ1v) is 5.23. The molecule has 2 fully saturated rings. The third-order valence-electron chi connectivity index (χ3n) is 2.66. The molecule has 2 rings (SSSR count). The Hall–Kier alpha value is -0.957. The van der Waals surface area contributed by atoms with Gasteiger partial charge in [0.05, 0.1) is 11.9 Å². The Morgan fingerprint density at radius 2 is 1.06 bits per heavy atom. The molecular formula is C12H14O4Zn. The molecule has 0 bridgehead atoms. The molecule has 2 aliphatic rings. The molecule has 0 spiro atoms. The van der Waals surface area contributed by atoms with E-state index in [0.717, 1.165) is 25.7 Å². The van der Waals surface area contributed by atoms with E-state index >= 15 is 0 Å². The van der Waals surface area contributed by atoms with Crippen LogP contribution in [-0.2, 0) is 29.1 Å². The van der Waals surface area contributed by atoms with Crippen LogP contribution in [0.25, 0.3) is 0 Å². The van der Waals surface area contributed by atoms with Crippen molar-refractivity contribution in [2.24, 2.45) is 11.8 Å². The van der Waals surface area contributed by atoms with Crippen LogP contribution >= 0.6 is 0 Å². The van der Waals surface area contributed by atoms with E-state index in [2.05, 4.69) is 13.2 Å². The van der Waals surface area contributed by atoms with Crippen molar-refractivity contribution in [3.63, 3.8) is 0 Å². The van der Waals surface area contributed by atoms with Crippen LogP contribution in [0.15, 0.2) is 24.3 Å². The molecule has 17 heavy (non-hydrogen) atoms. The summed E-state index contributed by atoms with van der Waals surface area (Å²) in [4.78, 5) is 19.9. The molecule has 2 saturated carbocycles. The van der Waals surface area contributed by atoms with Crippen molar-refractivity contribution in [2.75, 3.05) is 0 Å². The monoisotopic (exact) mass is 286 g/mol. The quantitative estimate of drug-likeness (QED) is 0.511. The molecule has 0 atom stereocenters. The Balaban J connectivity index is 0.000000284. The summed E-state index contributed by atoms with van der Waals surface area (Å²) in [5.41, 5.74) is 0.537. The third-order valence-corrected chi connectivity index (χ3v) is 2.66. The van der Waals surface area contributed by atoms with E-state index in [1.807, 2.05) is 0 Å². The average molecular weight is 288 g/mol. The van der Waals surface area contributed by atoms with Gasteiger partial charge in [-0.15, -0.1) is 0 Å². The van der Waals surface area contributed by atoms with Crippen molar-refractivity contribution in [3.8, 4) is 0 Å². The minimum absolute atomic E-state index is 0. The summed E-state index contributed by atoms with van der Waals surface area (Å²) < 4.78 is 0. The summed E-state index contributed by atoms with van der Waals surface area (Å²) in [6, 6.07) is 0. The van der Waals surface area contributed by atoms with Crippen molar-refractivity contribution < 1.29 is 39.3 Å². The van der Waals surface area contributed by atoms with Crippen molar-refractivity contribution in [1.29, 1.82) is 0 Å². The number of carbonyl (C=O) groups excluding carboxylic acids is 2. The molecule has 0 saturated heterocycles. The summed E-state index contributed by atoms with van der Waals surface area (Å²) in [7, 11) is 0. The molecule has 5 heteroatoms. The molecule has 0 heterocycles. The van der Waals surface area contributed by atoms with E-state index < -0.39 is 11.9 Å². The number of hydrogen-bond acceptors (Lipinski definition) is 4. The molecule has 0 radical (unpaired) electrons. The average Bonchev–Trinajstić information content (AvgIpc) is 3.03. The molecule has 0 amide bonds. The maximum atomic E-state index is 9.97. The summed E-state index contributed by atoms with van der Waals surface area (Å²) in [5.74, 6) is -1.71. The Morgan fingerprint density at radius 1 is 0.824 bits per heavy atom. The van der Waals surface area contributed by atoms with E-state index in [1.54, 1.807) is 0 Å². The summed E-state index contributed by atoms with van der Waals surface area (Å²) in [6.07, 6.45) is 3.92. The van der Waals surface area contributed by atoms with Crippen molar-refractivity contribution in [2.45, 2.75) is 25.7 Å². The number of hydrogen-bond donors (Lipinski definition) is 0. The molecule has 0 unspecified atom stereocenters.